The normalized spacial score (nSPS) is 14.9. The maximum Gasteiger partial charge on any atom is 0.340 e. The van der Waals surface area contributed by atoms with Gasteiger partial charge in [-0.05, 0) is 19.1 Å². The second-order valence-corrected chi connectivity index (χ2v) is 3.00. The van der Waals surface area contributed by atoms with Crippen molar-refractivity contribution in [3.63, 3.8) is 0 Å². The Morgan fingerprint density at radius 3 is 2.43 bits per heavy atom. The minimum Gasteiger partial charge on any atom is -0.479 e. The van der Waals surface area contributed by atoms with Gasteiger partial charge in [-0.15, -0.1) is 0 Å². The van der Waals surface area contributed by atoms with Crippen molar-refractivity contribution in [2.24, 2.45) is 0 Å². The summed E-state index contributed by atoms with van der Waals surface area (Å²) in [5.41, 5.74) is -2.82. The number of carboxylic acid groups (broad SMARTS) is 1. The molecule has 0 bridgehead atoms. The summed E-state index contributed by atoms with van der Waals surface area (Å²) in [4.78, 5) is 10.5. The Bertz CT molecular complexity index is 374. The van der Waals surface area contributed by atoms with Crippen molar-refractivity contribution in [2.75, 3.05) is 0 Å². The fraction of sp³-hybridized carbons (Fsp3) is 0.222. The summed E-state index contributed by atoms with van der Waals surface area (Å²) < 4.78 is 25.5. The van der Waals surface area contributed by atoms with E-state index < -0.39 is 28.8 Å². The maximum atomic E-state index is 13.0. The lowest BCUT2D eigenvalue weighted by Crippen LogP contribution is -2.32. The summed E-state index contributed by atoms with van der Waals surface area (Å²) in [6.45, 7) is 0.922. The number of rotatable bonds is 2. The van der Waals surface area contributed by atoms with Gasteiger partial charge in [0.05, 0.1) is 0 Å². The topological polar surface area (TPSA) is 57.5 Å². The third-order valence-corrected chi connectivity index (χ3v) is 1.87. The van der Waals surface area contributed by atoms with Gasteiger partial charge in [-0.1, -0.05) is 0 Å². The van der Waals surface area contributed by atoms with Crippen LogP contribution in [0.2, 0.25) is 0 Å². The maximum absolute atomic E-state index is 13.0. The molecule has 14 heavy (non-hydrogen) atoms. The molecule has 0 aromatic heterocycles. The minimum absolute atomic E-state index is 0.466. The lowest BCUT2D eigenvalue weighted by atomic mass is 9.96. The molecule has 1 aromatic rings. The van der Waals surface area contributed by atoms with Gasteiger partial charge in [0.15, 0.2) is 5.60 Å². The van der Waals surface area contributed by atoms with Gasteiger partial charge in [0, 0.05) is 11.6 Å². The molecule has 0 aliphatic heterocycles. The van der Waals surface area contributed by atoms with E-state index in [9.17, 15) is 18.7 Å². The molecule has 0 aliphatic rings. The molecule has 1 atom stereocenters. The number of carbonyl (C=O) groups is 1. The van der Waals surface area contributed by atoms with E-state index >= 15 is 0 Å². The van der Waals surface area contributed by atoms with Crippen LogP contribution in [0, 0.1) is 11.6 Å². The number of aliphatic carboxylic acids is 1. The van der Waals surface area contributed by atoms with Crippen LogP contribution in [-0.2, 0) is 10.4 Å². The summed E-state index contributed by atoms with van der Waals surface area (Å²) in [5.74, 6) is -3.51. The molecule has 5 heteroatoms. The predicted molar refractivity (Wildman–Crippen MR) is 43.6 cm³/mol. The molecule has 0 fully saturated rings. The van der Waals surface area contributed by atoms with E-state index in [4.69, 9.17) is 5.11 Å². The van der Waals surface area contributed by atoms with E-state index in [2.05, 4.69) is 0 Å². The first-order valence-corrected chi connectivity index (χ1v) is 3.77. The Hall–Kier alpha value is -1.49. The third kappa shape index (κ3) is 1.72. The lowest BCUT2D eigenvalue weighted by Gasteiger charge is -2.18. The van der Waals surface area contributed by atoms with Crippen LogP contribution in [0.5, 0.6) is 0 Å². The fourth-order valence-corrected chi connectivity index (χ4v) is 0.999. The molecule has 1 rings (SSSR count). The summed E-state index contributed by atoms with van der Waals surface area (Å²) in [6, 6.07) is 2.31. The Morgan fingerprint density at radius 1 is 1.43 bits per heavy atom. The van der Waals surface area contributed by atoms with E-state index in [1.165, 1.54) is 0 Å². The highest BCUT2D eigenvalue weighted by atomic mass is 19.1. The number of benzene rings is 1. The first kappa shape index (κ1) is 10.6. The quantitative estimate of drug-likeness (QED) is 0.758. The van der Waals surface area contributed by atoms with Gasteiger partial charge < -0.3 is 10.2 Å². The minimum atomic E-state index is -2.35. The molecule has 3 nitrogen and oxygen atoms in total. The van der Waals surface area contributed by atoms with Gasteiger partial charge in [0.25, 0.3) is 0 Å². The molecule has 2 N–H and O–H groups in total. The third-order valence-electron chi connectivity index (χ3n) is 1.87. The van der Waals surface area contributed by atoms with Crippen molar-refractivity contribution in [1.82, 2.24) is 0 Å². The first-order valence-electron chi connectivity index (χ1n) is 3.77. The zero-order valence-electron chi connectivity index (χ0n) is 7.29. The molecule has 0 saturated heterocycles. The summed E-state index contributed by atoms with van der Waals surface area (Å²) in [7, 11) is 0. The van der Waals surface area contributed by atoms with Gasteiger partial charge in [-0.3, -0.25) is 0 Å². The standard InChI is InChI=1S/C9H8F2O3/c1-9(14,8(12)13)6-3-2-5(10)4-7(6)11/h2-4,14H,1H3,(H,12,13)/t9-/m1/s1. The number of aliphatic hydroxyl groups is 1. The van der Waals surface area contributed by atoms with Crippen LogP contribution in [0.25, 0.3) is 0 Å². The van der Waals surface area contributed by atoms with Gasteiger partial charge in [-0.25, -0.2) is 13.6 Å². The van der Waals surface area contributed by atoms with Crippen molar-refractivity contribution in [3.8, 4) is 0 Å². The van der Waals surface area contributed by atoms with Crippen LogP contribution >= 0.6 is 0 Å². The Labute approximate surface area is 78.6 Å². The van der Waals surface area contributed by atoms with Gasteiger partial charge in [0.1, 0.15) is 11.6 Å². The van der Waals surface area contributed by atoms with Gasteiger partial charge >= 0.3 is 5.97 Å². The van der Waals surface area contributed by atoms with Crippen molar-refractivity contribution in [3.05, 3.63) is 35.4 Å². The molecule has 1 aromatic carbocycles. The van der Waals surface area contributed by atoms with Crippen molar-refractivity contribution in [2.45, 2.75) is 12.5 Å². The van der Waals surface area contributed by atoms with Crippen LogP contribution < -0.4 is 0 Å². The number of hydrogen-bond donors (Lipinski definition) is 2. The molecule has 0 spiro atoms. The molecule has 0 radical (unpaired) electrons. The first-order chi connectivity index (χ1) is 6.35. The number of halogens is 2. The Morgan fingerprint density at radius 2 is 2.00 bits per heavy atom. The zero-order chi connectivity index (χ0) is 10.9. The molecule has 0 unspecified atom stereocenters. The van der Waals surface area contributed by atoms with Gasteiger partial charge in [0.2, 0.25) is 0 Å². The van der Waals surface area contributed by atoms with Crippen LogP contribution in [0.3, 0.4) is 0 Å². The van der Waals surface area contributed by atoms with E-state index in [-0.39, 0.29) is 0 Å². The molecular weight excluding hydrogens is 194 g/mol. The molecule has 0 heterocycles. The van der Waals surface area contributed by atoms with E-state index in [0.717, 1.165) is 19.1 Å². The van der Waals surface area contributed by atoms with Crippen LogP contribution in [0.1, 0.15) is 12.5 Å². The summed E-state index contributed by atoms with van der Waals surface area (Å²) >= 11 is 0. The van der Waals surface area contributed by atoms with Crippen molar-refractivity contribution in [1.29, 1.82) is 0 Å². The predicted octanol–water partition coefficient (Wildman–Crippen LogP) is 1.26. The zero-order valence-corrected chi connectivity index (χ0v) is 7.29. The van der Waals surface area contributed by atoms with Crippen molar-refractivity contribution >= 4 is 5.97 Å². The van der Waals surface area contributed by atoms with Crippen LogP contribution in [0.15, 0.2) is 18.2 Å². The average molecular weight is 202 g/mol. The second-order valence-electron chi connectivity index (χ2n) is 3.00. The number of hydrogen-bond acceptors (Lipinski definition) is 2. The Kier molecular flexibility index (Phi) is 2.53. The molecule has 0 amide bonds. The van der Waals surface area contributed by atoms with Crippen molar-refractivity contribution < 1.29 is 23.8 Å². The molecule has 0 aliphatic carbocycles. The highest BCUT2D eigenvalue weighted by molar-refractivity contribution is 5.78. The fourth-order valence-electron chi connectivity index (χ4n) is 0.999. The van der Waals surface area contributed by atoms with Crippen LogP contribution in [0.4, 0.5) is 8.78 Å². The molecular formula is C9H8F2O3. The summed E-state index contributed by atoms with van der Waals surface area (Å²) in [5, 5.41) is 18.0. The lowest BCUT2D eigenvalue weighted by molar-refractivity contribution is -0.157. The Balaban J connectivity index is 3.26. The van der Waals surface area contributed by atoms with E-state index in [1.54, 1.807) is 0 Å². The molecule has 76 valence electrons. The second kappa shape index (κ2) is 3.34. The molecule has 0 saturated carbocycles. The summed E-state index contributed by atoms with van der Waals surface area (Å²) in [6.07, 6.45) is 0. The highest BCUT2D eigenvalue weighted by Gasteiger charge is 2.34. The van der Waals surface area contributed by atoms with E-state index in [0.29, 0.717) is 6.07 Å². The SMILES string of the molecule is C[C@](O)(C(=O)O)c1ccc(F)cc1F. The average Bonchev–Trinajstić information content (AvgIpc) is 2.02. The monoisotopic (exact) mass is 202 g/mol. The highest BCUT2D eigenvalue weighted by Crippen LogP contribution is 2.24. The largest absolute Gasteiger partial charge is 0.479 e. The van der Waals surface area contributed by atoms with Crippen LogP contribution in [-0.4, -0.2) is 16.2 Å². The van der Waals surface area contributed by atoms with Gasteiger partial charge in [-0.2, -0.15) is 0 Å². The smallest absolute Gasteiger partial charge is 0.340 e. The van der Waals surface area contributed by atoms with E-state index in [1.807, 2.05) is 0 Å². The number of carboxylic acids is 1.